The molecule has 1 saturated heterocycles. The topological polar surface area (TPSA) is 44.1 Å². The van der Waals surface area contributed by atoms with Gasteiger partial charge in [0.15, 0.2) is 0 Å². The molecule has 1 aliphatic carbocycles. The van der Waals surface area contributed by atoms with Gasteiger partial charge in [-0.3, -0.25) is 4.79 Å². The lowest BCUT2D eigenvalue weighted by atomic mass is 9.81. The molecule has 1 amide bonds. The standard InChI is InChI=1S/C15H24N2O/c1-3-14(4-2)9-10-17(12-14)13(18)15(11-16)7-5-6-8-15/h3-10,12H2,1-2H3. The van der Waals surface area contributed by atoms with Crippen LogP contribution in [0.2, 0.25) is 0 Å². The van der Waals surface area contributed by atoms with E-state index in [-0.39, 0.29) is 5.91 Å². The molecule has 0 bridgehead atoms. The maximum Gasteiger partial charge on any atom is 0.243 e. The van der Waals surface area contributed by atoms with Crippen LogP contribution in [0.5, 0.6) is 0 Å². The number of amides is 1. The summed E-state index contributed by atoms with van der Waals surface area (Å²) in [4.78, 5) is 14.6. The summed E-state index contributed by atoms with van der Waals surface area (Å²) in [5, 5.41) is 9.39. The Morgan fingerprint density at radius 2 is 1.83 bits per heavy atom. The molecular formula is C15H24N2O. The minimum Gasteiger partial charge on any atom is -0.341 e. The van der Waals surface area contributed by atoms with Gasteiger partial charge in [-0.15, -0.1) is 0 Å². The normalized spacial score (nSPS) is 25.1. The molecule has 0 atom stereocenters. The van der Waals surface area contributed by atoms with Gasteiger partial charge in [-0.1, -0.05) is 26.7 Å². The smallest absolute Gasteiger partial charge is 0.243 e. The van der Waals surface area contributed by atoms with Crippen molar-refractivity contribution in [3.05, 3.63) is 0 Å². The van der Waals surface area contributed by atoms with Crippen molar-refractivity contribution in [2.24, 2.45) is 10.8 Å². The van der Waals surface area contributed by atoms with Crippen molar-refractivity contribution in [2.75, 3.05) is 13.1 Å². The van der Waals surface area contributed by atoms with Crippen molar-refractivity contribution in [3.8, 4) is 6.07 Å². The molecule has 0 N–H and O–H groups in total. The Hall–Kier alpha value is -1.04. The highest BCUT2D eigenvalue weighted by Gasteiger charge is 2.47. The van der Waals surface area contributed by atoms with E-state index in [0.29, 0.717) is 5.41 Å². The second-order valence-corrected chi connectivity index (χ2v) is 6.08. The van der Waals surface area contributed by atoms with Gasteiger partial charge < -0.3 is 4.90 Å². The first-order valence-corrected chi connectivity index (χ1v) is 7.32. The van der Waals surface area contributed by atoms with Crippen molar-refractivity contribution in [3.63, 3.8) is 0 Å². The average molecular weight is 248 g/mol. The van der Waals surface area contributed by atoms with Gasteiger partial charge in [0.25, 0.3) is 0 Å². The maximum absolute atomic E-state index is 12.6. The molecular weight excluding hydrogens is 224 g/mol. The highest BCUT2D eigenvalue weighted by molar-refractivity contribution is 5.86. The van der Waals surface area contributed by atoms with Crippen LogP contribution in [0.15, 0.2) is 0 Å². The van der Waals surface area contributed by atoms with Crippen molar-refractivity contribution in [1.29, 1.82) is 5.26 Å². The number of hydrogen-bond donors (Lipinski definition) is 0. The molecule has 18 heavy (non-hydrogen) atoms. The Bertz CT molecular complexity index is 359. The molecule has 1 aliphatic heterocycles. The predicted octanol–water partition coefficient (Wildman–Crippen LogP) is 3.11. The molecule has 0 aromatic heterocycles. The Morgan fingerprint density at radius 3 is 2.28 bits per heavy atom. The molecule has 2 aliphatic rings. The SMILES string of the molecule is CCC1(CC)CCN(C(=O)C2(C#N)CCCC2)C1. The van der Waals surface area contributed by atoms with E-state index < -0.39 is 5.41 Å². The number of nitrogens with zero attached hydrogens (tertiary/aromatic N) is 2. The van der Waals surface area contributed by atoms with Gasteiger partial charge in [0, 0.05) is 13.1 Å². The van der Waals surface area contributed by atoms with Gasteiger partial charge in [0.2, 0.25) is 5.91 Å². The molecule has 2 rings (SSSR count). The molecule has 0 radical (unpaired) electrons. The van der Waals surface area contributed by atoms with Crippen LogP contribution in [0.25, 0.3) is 0 Å². The molecule has 3 nitrogen and oxygen atoms in total. The van der Waals surface area contributed by atoms with Gasteiger partial charge in [-0.2, -0.15) is 5.26 Å². The average Bonchev–Trinajstić information content (AvgIpc) is 3.06. The lowest BCUT2D eigenvalue weighted by molar-refractivity contribution is -0.138. The molecule has 1 heterocycles. The quantitative estimate of drug-likeness (QED) is 0.770. The Balaban J connectivity index is 2.10. The predicted molar refractivity (Wildman–Crippen MR) is 70.7 cm³/mol. The van der Waals surface area contributed by atoms with Crippen molar-refractivity contribution < 1.29 is 4.79 Å². The van der Waals surface area contributed by atoms with Gasteiger partial charge in [-0.05, 0) is 37.5 Å². The van der Waals surface area contributed by atoms with Crippen LogP contribution in [-0.2, 0) is 4.79 Å². The summed E-state index contributed by atoms with van der Waals surface area (Å²) in [6.45, 7) is 6.15. The van der Waals surface area contributed by atoms with E-state index in [4.69, 9.17) is 0 Å². The fraction of sp³-hybridized carbons (Fsp3) is 0.867. The van der Waals surface area contributed by atoms with Gasteiger partial charge >= 0.3 is 0 Å². The molecule has 0 aromatic carbocycles. The third kappa shape index (κ3) is 2.02. The molecule has 1 saturated carbocycles. The number of carbonyl (C=O) groups excluding carboxylic acids is 1. The minimum absolute atomic E-state index is 0.117. The van der Waals surface area contributed by atoms with E-state index in [1.807, 2.05) is 4.90 Å². The number of rotatable bonds is 3. The Labute approximate surface area is 110 Å². The molecule has 0 spiro atoms. The highest BCUT2D eigenvalue weighted by atomic mass is 16.2. The van der Waals surface area contributed by atoms with Crippen LogP contribution in [0.1, 0.15) is 58.8 Å². The Morgan fingerprint density at radius 1 is 1.22 bits per heavy atom. The molecule has 3 heteroatoms. The zero-order valence-corrected chi connectivity index (χ0v) is 11.7. The number of carbonyl (C=O) groups is 1. The fourth-order valence-corrected chi connectivity index (χ4v) is 3.59. The third-order valence-corrected chi connectivity index (χ3v) is 5.31. The van der Waals surface area contributed by atoms with E-state index in [1.54, 1.807) is 0 Å². The third-order valence-electron chi connectivity index (χ3n) is 5.31. The highest BCUT2D eigenvalue weighted by Crippen LogP contribution is 2.43. The lowest BCUT2D eigenvalue weighted by Gasteiger charge is -2.29. The largest absolute Gasteiger partial charge is 0.341 e. The summed E-state index contributed by atoms with van der Waals surface area (Å²) in [5.74, 6) is 0.117. The fourth-order valence-electron chi connectivity index (χ4n) is 3.59. The van der Waals surface area contributed by atoms with Crippen LogP contribution in [0.4, 0.5) is 0 Å². The summed E-state index contributed by atoms with van der Waals surface area (Å²) >= 11 is 0. The first-order valence-electron chi connectivity index (χ1n) is 7.32. The van der Waals surface area contributed by atoms with Gasteiger partial charge in [0.1, 0.15) is 5.41 Å². The van der Waals surface area contributed by atoms with Crippen molar-refractivity contribution in [1.82, 2.24) is 4.90 Å². The van der Waals surface area contributed by atoms with Gasteiger partial charge in [0.05, 0.1) is 6.07 Å². The second kappa shape index (κ2) is 4.91. The summed E-state index contributed by atoms with van der Waals surface area (Å²) in [7, 11) is 0. The summed E-state index contributed by atoms with van der Waals surface area (Å²) in [6.07, 6.45) is 6.96. The molecule has 2 fully saturated rings. The number of likely N-dealkylation sites (tertiary alicyclic amines) is 1. The lowest BCUT2D eigenvalue weighted by Crippen LogP contribution is -2.41. The first-order chi connectivity index (χ1) is 8.61. The summed E-state index contributed by atoms with van der Waals surface area (Å²) < 4.78 is 0. The van der Waals surface area contributed by atoms with Gasteiger partial charge in [-0.25, -0.2) is 0 Å². The minimum atomic E-state index is -0.683. The zero-order chi connectivity index (χ0) is 13.2. The summed E-state index contributed by atoms with van der Waals surface area (Å²) in [6, 6.07) is 2.33. The van der Waals surface area contributed by atoms with Crippen molar-refractivity contribution in [2.45, 2.75) is 58.8 Å². The van der Waals surface area contributed by atoms with Crippen LogP contribution in [0, 0.1) is 22.2 Å². The molecule has 100 valence electrons. The zero-order valence-electron chi connectivity index (χ0n) is 11.7. The Kier molecular flexibility index (Phi) is 3.66. The van der Waals surface area contributed by atoms with E-state index in [1.165, 1.54) is 0 Å². The monoisotopic (exact) mass is 248 g/mol. The molecule has 0 aromatic rings. The van der Waals surface area contributed by atoms with Crippen LogP contribution >= 0.6 is 0 Å². The number of hydrogen-bond acceptors (Lipinski definition) is 2. The maximum atomic E-state index is 12.6. The van der Waals surface area contributed by atoms with E-state index in [0.717, 1.165) is 58.0 Å². The van der Waals surface area contributed by atoms with Crippen LogP contribution < -0.4 is 0 Å². The van der Waals surface area contributed by atoms with Crippen LogP contribution in [-0.4, -0.2) is 23.9 Å². The van der Waals surface area contributed by atoms with Crippen molar-refractivity contribution >= 4 is 5.91 Å². The van der Waals surface area contributed by atoms with Crippen LogP contribution in [0.3, 0.4) is 0 Å². The summed E-state index contributed by atoms with van der Waals surface area (Å²) in [5.41, 5.74) is -0.373. The number of nitriles is 1. The van der Waals surface area contributed by atoms with E-state index in [9.17, 15) is 10.1 Å². The van der Waals surface area contributed by atoms with E-state index in [2.05, 4.69) is 19.9 Å². The molecule has 0 unspecified atom stereocenters. The second-order valence-electron chi connectivity index (χ2n) is 6.08. The van der Waals surface area contributed by atoms with E-state index >= 15 is 0 Å². The first kappa shape index (κ1) is 13.4.